The second-order valence-electron chi connectivity index (χ2n) is 8.86. The van der Waals surface area contributed by atoms with Crippen molar-refractivity contribution in [2.24, 2.45) is 0 Å². The van der Waals surface area contributed by atoms with Gasteiger partial charge in [-0.05, 0) is 44.6 Å². The number of aryl methyl sites for hydroxylation is 2. The van der Waals surface area contributed by atoms with Crippen molar-refractivity contribution in [2.45, 2.75) is 27.3 Å². The molecule has 2 aromatic carbocycles. The van der Waals surface area contributed by atoms with Gasteiger partial charge in [0.05, 0.1) is 29.7 Å². The van der Waals surface area contributed by atoms with Crippen molar-refractivity contribution in [2.75, 3.05) is 6.61 Å². The van der Waals surface area contributed by atoms with E-state index in [1.807, 2.05) is 41.2 Å². The lowest BCUT2D eigenvalue weighted by molar-refractivity contribution is -0.686. The zero-order chi connectivity index (χ0) is 25.8. The molecule has 7 heteroatoms. The molecule has 0 aliphatic heterocycles. The zero-order valence-corrected chi connectivity index (χ0v) is 21.8. The number of esters is 1. The number of aromatic nitrogens is 4. The van der Waals surface area contributed by atoms with E-state index < -0.39 is 0 Å². The summed E-state index contributed by atoms with van der Waals surface area (Å²) in [6.07, 6.45) is 7.79. The Morgan fingerprint density at radius 3 is 2.30 bits per heavy atom. The number of hydrogen-bond acceptors (Lipinski definition) is 6. The van der Waals surface area contributed by atoms with Crippen LogP contribution in [0.4, 0.5) is 0 Å². The Balaban J connectivity index is 1.63. The molecule has 0 N–H and O–H groups in total. The Bertz CT molecular complexity index is 1590. The third-order valence-corrected chi connectivity index (χ3v) is 6.56. The van der Waals surface area contributed by atoms with E-state index in [-0.39, 0.29) is 12.5 Å². The molecule has 5 aromatic rings. The largest absolute Gasteiger partial charge is 0.461 e. The van der Waals surface area contributed by atoms with E-state index in [1.54, 1.807) is 6.92 Å². The number of hydrogen-bond donors (Lipinski definition) is 0. The fourth-order valence-corrected chi connectivity index (χ4v) is 4.72. The lowest BCUT2D eigenvalue weighted by atomic mass is 9.98. The third-order valence-electron chi connectivity index (χ3n) is 6.04. The van der Waals surface area contributed by atoms with Crippen LogP contribution >= 0.6 is 11.7 Å². The van der Waals surface area contributed by atoms with Crippen LogP contribution in [0.5, 0.6) is 0 Å². The molecule has 0 radical (unpaired) electrons. The monoisotopic (exact) mass is 507 g/mol. The minimum absolute atomic E-state index is 0.163. The summed E-state index contributed by atoms with van der Waals surface area (Å²) in [5.74, 6) is -0.263. The Morgan fingerprint density at radius 2 is 1.59 bits per heavy atom. The molecule has 0 aliphatic carbocycles. The number of fused-ring (bicyclic) bond motifs is 1. The number of carbonyl (C=O) groups is 1. The molecule has 5 rings (SSSR count). The van der Waals surface area contributed by atoms with Crippen molar-refractivity contribution >= 4 is 40.9 Å². The van der Waals surface area contributed by atoms with E-state index >= 15 is 0 Å². The van der Waals surface area contributed by atoms with E-state index in [0.717, 1.165) is 44.7 Å². The average Bonchev–Trinajstić information content (AvgIpc) is 3.38. The van der Waals surface area contributed by atoms with Gasteiger partial charge in [0.15, 0.2) is 12.4 Å². The summed E-state index contributed by atoms with van der Waals surface area (Å²) >= 11 is 1.20. The molecule has 0 aliphatic rings. The molecule has 0 atom stereocenters. The maximum Gasteiger partial charge on any atom is 0.372 e. The van der Waals surface area contributed by atoms with Crippen LogP contribution in [-0.4, -0.2) is 26.3 Å². The van der Waals surface area contributed by atoms with E-state index in [1.165, 1.54) is 22.9 Å². The summed E-state index contributed by atoms with van der Waals surface area (Å²) in [6.45, 7) is 6.48. The van der Waals surface area contributed by atoms with E-state index in [0.29, 0.717) is 6.61 Å². The summed E-state index contributed by atoms with van der Waals surface area (Å²) in [5, 5.41) is 0. The molecular weight excluding hydrogens is 480 g/mol. The first-order chi connectivity index (χ1) is 18.0. The summed E-state index contributed by atoms with van der Waals surface area (Å²) in [4.78, 5) is 17.1. The average molecular weight is 508 g/mol. The van der Waals surface area contributed by atoms with Gasteiger partial charge in [0.1, 0.15) is 11.0 Å². The Hall–Kier alpha value is -4.23. The van der Waals surface area contributed by atoms with Crippen LogP contribution in [0.1, 0.15) is 29.3 Å². The molecule has 0 bridgehead atoms. The number of ether oxygens (including phenoxy) is 1. The summed E-state index contributed by atoms with van der Waals surface area (Å²) in [7, 11) is 0. The van der Waals surface area contributed by atoms with Crippen LogP contribution in [0, 0.1) is 13.8 Å². The molecule has 37 heavy (non-hydrogen) atoms. The number of rotatable bonds is 7. The second-order valence-corrected chi connectivity index (χ2v) is 9.39. The first kappa shape index (κ1) is 24.5. The molecule has 6 nitrogen and oxygen atoms in total. The van der Waals surface area contributed by atoms with Gasteiger partial charge in [0.2, 0.25) is 6.54 Å². The summed E-state index contributed by atoms with van der Waals surface area (Å²) in [5.41, 5.74) is 9.56. The fraction of sp³-hybridized carbons (Fsp3) is 0.167. The van der Waals surface area contributed by atoms with Gasteiger partial charge in [-0.25, -0.2) is 9.78 Å². The van der Waals surface area contributed by atoms with Crippen molar-refractivity contribution in [3.63, 3.8) is 0 Å². The highest BCUT2D eigenvalue weighted by molar-refractivity contribution is 7.00. The van der Waals surface area contributed by atoms with E-state index in [4.69, 9.17) is 14.1 Å². The SMILES string of the molecule is CCOC(=O)C[n+]1cccc(/C=C/c2nc(-c3ccc(C)cc3)c3nsnc3c2-c2ccc(C)cc2)c1. The first-order valence-corrected chi connectivity index (χ1v) is 12.9. The molecule has 0 amide bonds. The second kappa shape index (κ2) is 10.8. The van der Waals surface area contributed by atoms with Gasteiger partial charge in [-0.15, -0.1) is 0 Å². The van der Waals surface area contributed by atoms with Crippen LogP contribution in [0.3, 0.4) is 0 Å². The molecule has 0 saturated carbocycles. The van der Waals surface area contributed by atoms with Gasteiger partial charge >= 0.3 is 5.97 Å². The highest BCUT2D eigenvalue weighted by Gasteiger charge is 2.19. The predicted octanol–water partition coefficient (Wildman–Crippen LogP) is 6.06. The molecule has 3 aromatic heterocycles. The number of carbonyl (C=O) groups excluding carboxylic acids is 1. The van der Waals surface area contributed by atoms with Crippen molar-refractivity contribution < 1.29 is 14.1 Å². The number of benzene rings is 2. The number of nitrogens with zero attached hydrogens (tertiary/aromatic N) is 4. The van der Waals surface area contributed by atoms with Crippen molar-refractivity contribution in [3.8, 4) is 22.4 Å². The number of pyridine rings is 2. The van der Waals surface area contributed by atoms with Crippen molar-refractivity contribution in [1.29, 1.82) is 0 Å². The topological polar surface area (TPSA) is 68.8 Å². The minimum atomic E-state index is -0.263. The van der Waals surface area contributed by atoms with Gasteiger partial charge in [-0.1, -0.05) is 59.7 Å². The quantitative estimate of drug-likeness (QED) is 0.198. The Morgan fingerprint density at radius 1 is 0.919 bits per heavy atom. The van der Waals surface area contributed by atoms with E-state index in [9.17, 15) is 4.79 Å². The van der Waals surface area contributed by atoms with Crippen LogP contribution in [0.15, 0.2) is 73.1 Å². The summed E-state index contributed by atoms with van der Waals surface area (Å²) in [6, 6.07) is 20.6. The minimum Gasteiger partial charge on any atom is -0.461 e. The van der Waals surface area contributed by atoms with Crippen LogP contribution in [-0.2, 0) is 16.1 Å². The highest BCUT2D eigenvalue weighted by atomic mass is 32.1. The Labute approximate surface area is 220 Å². The molecule has 0 fully saturated rings. The highest BCUT2D eigenvalue weighted by Crippen LogP contribution is 2.36. The lowest BCUT2D eigenvalue weighted by Gasteiger charge is -2.11. The zero-order valence-electron chi connectivity index (χ0n) is 21.0. The standard InChI is InChI=1S/C30H27N4O2S/c1-4-36-26(35)19-34-17-5-6-22(18-34)11-16-25-27(23-12-7-20(2)8-13-23)29-30(33-37-32-29)28(31-25)24-14-9-21(3)10-15-24/h5-18H,4,19H2,1-3H3/q+1/b16-11+. The maximum atomic E-state index is 11.9. The van der Waals surface area contributed by atoms with Crippen LogP contribution in [0.25, 0.3) is 45.6 Å². The smallest absolute Gasteiger partial charge is 0.372 e. The third kappa shape index (κ3) is 5.47. The van der Waals surface area contributed by atoms with Gasteiger partial charge in [0.25, 0.3) is 0 Å². The predicted molar refractivity (Wildman–Crippen MR) is 148 cm³/mol. The molecular formula is C30H27N4O2S+. The molecule has 0 unspecified atom stereocenters. The Kier molecular flexibility index (Phi) is 7.14. The van der Waals surface area contributed by atoms with Crippen LogP contribution in [0.2, 0.25) is 0 Å². The van der Waals surface area contributed by atoms with Gasteiger partial charge < -0.3 is 4.74 Å². The van der Waals surface area contributed by atoms with Crippen molar-refractivity contribution in [3.05, 3.63) is 95.4 Å². The molecule has 0 spiro atoms. The normalized spacial score (nSPS) is 11.3. The maximum absolute atomic E-state index is 11.9. The van der Waals surface area contributed by atoms with Gasteiger partial charge in [0, 0.05) is 22.8 Å². The van der Waals surface area contributed by atoms with Gasteiger partial charge in [-0.2, -0.15) is 13.3 Å². The molecule has 3 heterocycles. The first-order valence-electron chi connectivity index (χ1n) is 12.1. The van der Waals surface area contributed by atoms with E-state index in [2.05, 4.69) is 66.8 Å². The van der Waals surface area contributed by atoms with Crippen molar-refractivity contribution in [1.82, 2.24) is 13.7 Å². The fourth-order valence-electron chi connectivity index (χ4n) is 4.17. The summed E-state index contributed by atoms with van der Waals surface area (Å²) < 4.78 is 16.2. The molecule has 0 saturated heterocycles. The van der Waals surface area contributed by atoms with Crippen LogP contribution < -0.4 is 4.57 Å². The lowest BCUT2D eigenvalue weighted by Crippen LogP contribution is -2.38. The molecule has 184 valence electrons. The van der Waals surface area contributed by atoms with Gasteiger partial charge in [-0.3, -0.25) is 0 Å².